The first-order valence-corrected chi connectivity index (χ1v) is 8.25. The molecule has 0 bridgehead atoms. The van der Waals surface area contributed by atoms with Crippen LogP contribution in [0.25, 0.3) is 0 Å². The third-order valence-electron chi connectivity index (χ3n) is 4.20. The topological polar surface area (TPSA) is 90.6 Å². The highest BCUT2D eigenvalue weighted by molar-refractivity contribution is 5.96. The number of ether oxygens (including phenoxy) is 2. The lowest BCUT2D eigenvalue weighted by Gasteiger charge is -2.17. The van der Waals surface area contributed by atoms with Gasteiger partial charge in [-0.3, -0.25) is 4.79 Å². The van der Waals surface area contributed by atoms with Crippen LogP contribution >= 0.6 is 0 Å². The van der Waals surface area contributed by atoms with E-state index in [2.05, 4.69) is 15.1 Å². The normalized spacial score (nSPS) is 12.9. The number of amides is 1. The molecule has 25 heavy (non-hydrogen) atoms. The fraction of sp³-hybridized carbons (Fsp3) is 0.529. The number of hydrogen-bond acceptors (Lipinski definition) is 7. The second-order valence-corrected chi connectivity index (χ2v) is 6.01. The number of hydrogen-bond donors (Lipinski definition) is 0. The monoisotopic (exact) mass is 346 g/mol. The second-order valence-electron chi connectivity index (χ2n) is 6.01. The van der Waals surface area contributed by atoms with Gasteiger partial charge < -0.3 is 18.9 Å². The second kappa shape index (κ2) is 7.60. The number of fused-ring (bicyclic) bond motifs is 1. The minimum absolute atomic E-state index is 0.185. The number of pyridine rings is 1. The van der Waals surface area contributed by atoms with Crippen molar-refractivity contribution < 1.29 is 18.8 Å². The van der Waals surface area contributed by atoms with E-state index in [0.29, 0.717) is 36.2 Å². The van der Waals surface area contributed by atoms with Crippen LogP contribution in [-0.2, 0) is 30.5 Å². The van der Waals surface area contributed by atoms with Gasteiger partial charge in [0.2, 0.25) is 11.8 Å². The van der Waals surface area contributed by atoms with Crippen molar-refractivity contribution in [2.24, 2.45) is 0 Å². The van der Waals surface area contributed by atoms with Crippen LogP contribution in [0.3, 0.4) is 0 Å². The quantitative estimate of drug-likeness (QED) is 0.749. The summed E-state index contributed by atoms with van der Waals surface area (Å²) in [7, 11) is 4.83. The molecule has 3 rings (SSSR count). The lowest BCUT2D eigenvalue weighted by atomic mass is 10.1. The molecule has 0 spiro atoms. The molecule has 2 aromatic rings. The van der Waals surface area contributed by atoms with E-state index in [-0.39, 0.29) is 12.5 Å². The summed E-state index contributed by atoms with van der Waals surface area (Å²) >= 11 is 0. The minimum atomic E-state index is -0.185. The largest absolute Gasteiger partial charge is 0.480 e. The summed E-state index contributed by atoms with van der Waals surface area (Å²) in [4.78, 5) is 23.1. The number of methoxy groups -OCH3 is 2. The molecule has 1 aliphatic carbocycles. The van der Waals surface area contributed by atoms with Crippen molar-refractivity contribution in [2.45, 2.75) is 32.2 Å². The van der Waals surface area contributed by atoms with Crippen molar-refractivity contribution in [3.8, 4) is 5.88 Å². The van der Waals surface area contributed by atoms with E-state index in [4.69, 9.17) is 14.0 Å². The van der Waals surface area contributed by atoms with Gasteiger partial charge in [-0.1, -0.05) is 5.16 Å². The fourth-order valence-electron chi connectivity index (χ4n) is 2.89. The Balaban J connectivity index is 1.73. The molecule has 0 radical (unpaired) electrons. The zero-order valence-electron chi connectivity index (χ0n) is 14.7. The fourth-order valence-corrected chi connectivity index (χ4v) is 2.89. The molecule has 0 saturated heterocycles. The molecule has 0 fully saturated rings. The van der Waals surface area contributed by atoms with Gasteiger partial charge in [-0.2, -0.15) is 4.98 Å². The Labute approximate surface area is 146 Å². The third-order valence-corrected chi connectivity index (χ3v) is 4.20. The van der Waals surface area contributed by atoms with Crippen LogP contribution in [-0.4, -0.2) is 53.8 Å². The molecule has 0 unspecified atom stereocenters. The molecule has 0 atom stereocenters. The molecule has 1 aliphatic rings. The molecule has 1 amide bonds. The molecule has 0 aromatic carbocycles. The van der Waals surface area contributed by atoms with E-state index in [1.807, 2.05) is 6.07 Å². The Kier molecular flexibility index (Phi) is 5.28. The third kappa shape index (κ3) is 3.79. The molecule has 8 heteroatoms. The highest BCUT2D eigenvalue weighted by atomic mass is 16.5. The van der Waals surface area contributed by atoms with Gasteiger partial charge in [0.1, 0.15) is 5.56 Å². The van der Waals surface area contributed by atoms with Crippen LogP contribution in [0.15, 0.2) is 10.6 Å². The lowest BCUT2D eigenvalue weighted by molar-refractivity contribution is 0.0765. The summed E-state index contributed by atoms with van der Waals surface area (Å²) in [6.07, 6.45) is 3.51. The molecule has 8 nitrogen and oxygen atoms in total. The van der Waals surface area contributed by atoms with Gasteiger partial charge in [-0.15, -0.1) is 0 Å². The van der Waals surface area contributed by atoms with Crippen LogP contribution in [0.1, 0.15) is 39.8 Å². The summed E-state index contributed by atoms with van der Waals surface area (Å²) in [5, 5.41) is 3.88. The van der Waals surface area contributed by atoms with Crippen molar-refractivity contribution in [1.29, 1.82) is 0 Å². The van der Waals surface area contributed by atoms with Gasteiger partial charge in [0.15, 0.2) is 5.82 Å². The molecule has 0 saturated carbocycles. The SMILES string of the molecule is COCCc1noc(CN(C)C(=O)c2cc3c(nc2OC)CCC3)n1. The van der Waals surface area contributed by atoms with Gasteiger partial charge in [-0.05, 0) is 30.9 Å². The van der Waals surface area contributed by atoms with Gasteiger partial charge in [0, 0.05) is 26.3 Å². The van der Waals surface area contributed by atoms with Crippen LogP contribution in [0.5, 0.6) is 5.88 Å². The summed E-state index contributed by atoms with van der Waals surface area (Å²) in [6.45, 7) is 0.741. The standard InChI is InChI=1S/C17H22N4O4/c1-21(10-15-19-14(20-25-15)7-8-23-2)17(22)12-9-11-5-4-6-13(11)18-16(12)24-3/h9H,4-8,10H2,1-3H3. The van der Waals surface area contributed by atoms with Crippen molar-refractivity contribution in [2.75, 3.05) is 27.9 Å². The number of nitrogens with zero attached hydrogens (tertiary/aromatic N) is 4. The van der Waals surface area contributed by atoms with E-state index < -0.39 is 0 Å². The van der Waals surface area contributed by atoms with Crippen LogP contribution < -0.4 is 4.74 Å². The summed E-state index contributed by atoms with van der Waals surface area (Å²) < 4.78 is 15.5. The number of carbonyl (C=O) groups is 1. The first kappa shape index (κ1) is 17.3. The Morgan fingerprint density at radius 2 is 2.16 bits per heavy atom. The minimum Gasteiger partial charge on any atom is -0.480 e. The Bertz CT molecular complexity index is 759. The number of aryl methyl sites for hydroxylation is 2. The van der Waals surface area contributed by atoms with Gasteiger partial charge in [0.05, 0.1) is 20.3 Å². The van der Waals surface area contributed by atoms with E-state index in [0.717, 1.165) is 30.5 Å². The van der Waals surface area contributed by atoms with Crippen LogP contribution in [0.2, 0.25) is 0 Å². The first-order chi connectivity index (χ1) is 12.1. The molecule has 2 aromatic heterocycles. The molecular formula is C17H22N4O4. The zero-order valence-corrected chi connectivity index (χ0v) is 14.7. The highest BCUT2D eigenvalue weighted by Crippen LogP contribution is 2.27. The van der Waals surface area contributed by atoms with E-state index in [9.17, 15) is 4.79 Å². The van der Waals surface area contributed by atoms with Gasteiger partial charge in [-0.25, -0.2) is 4.98 Å². The van der Waals surface area contributed by atoms with E-state index >= 15 is 0 Å². The van der Waals surface area contributed by atoms with Crippen LogP contribution in [0, 0.1) is 0 Å². The Morgan fingerprint density at radius 3 is 2.92 bits per heavy atom. The predicted octanol–water partition coefficient (Wildman–Crippen LogP) is 1.42. The van der Waals surface area contributed by atoms with Crippen molar-refractivity contribution >= 4 is 5.91 Å². The maximum absolute atomic E-state index is 12.8. The molecule has 2 heterocycles. The molecule has 134 valence electrons. The number of carbonyl (C=O) groups excluding carboxylic acids is 1. The van der Waals surface area contributed by atoms with Gasteiger partial charge >= 0.3 is 0 Å². The smallest absolute Gasteiger partial charge is 0.259 e. The van der Waals surface area contributed by atoms with Crippen LogP contribution in [0.4, 0.5) is 0 Å². The van der Waals surface area contributed by atoms with Crippen molar-refractivity contribution in [3.05, 3.63) is 34.6 Å². The van der Waals surface area contributed by atoms with E-state index in [1.54, 1.807) is 14.2 Å². The number of aromatic nitrogens is 3. The molecule has 0 N–H and O–H groups in total. The molecule has 0 aliphatic heterocycles. The number of rotatable bonds is 7. The van der Waals surface area contributed by atoms with Crippen molar-refractivity contribution in [1.82, 2.24) is 20.0 Å². The first-order valence-electron chi connectivity index (χ1n) is 8.25. The van der Waals surface area contributed by atoms with Gasteiger partial charge in [0.25, 0.3) is 5.91 Å². The summed E-state index contributed by atoms with van der Waals surface area (Å²) in [6, 6.07) is 1.89. The summed E-state index contributed by atoms with van der Waals surface area (Å²) in [5.41, 5.74) is 2.61. The average Bonchev–Trinajstić information content (AvgIpc) is 3.26. The predicted molar refractivity (Wildman–Crippen MR) is 88.5 cm³/mol. The lowest BCUT2D eigenvalue weighted by Crippen LogP contribution is -2.27. The van der Waals surface area contributed by atoms with Crippen molar-refractivity contribution in [3.63, 3.8) is 0 Å². The maximum Gasteiger partial charge on any atom is 0.259 e. The summed E-state index contributed by atoms with van der Waals surface area (Å²) in [5.74, 6) is 1.13. The highest BCUT2D eigenvalue weighted by Gasteiger charge is 2.24. The average molecular weight is 346 g/mol. The molecular weight excluding hydrogens is 324 g/mol. The Morgan fingerprint density at radius 1 is 1.32 bits per heavy atom. The Hall–Kier alpha value is -2.48. The maximum atomic E-state index is 12.8. The van der Waals surface area contributed by atoms with E-state index in [1.165, 1.54) is 12.0 Å². The zero-order chi connectivity index (χ0) is 17.8.